The van der Waals surface area contributed by atoms with Crippen LogP contribution in [-0.2, 0) is 12.8 Å². The summed E-state index contributed by atoms with van der Waals surface area (Å²) in [6, 6.07) is 16.2. The largest absolute Gasteiger partial charge is 0.293 e. The lowest BCUT2D eigenvalue weighted by Crippen LogP contribution is -2.13. The Kier molecular flexibility index (Phi) is 3.93. The van der Waals surface area contributed by atoms with Gasteiger partial charge in [0.25, 0.3) is 0 Å². The molecule has 2 heteroatoms. The Balaban J connectivity index is 1.73. The van der Waals surface area contributed by atoms with Crippen molar-refractivity contribution in [2.24, 2.45) is 0 Å². The molecule has 0 saturated carbocycles. The molecule has 0 spiro atoms. The molecule has 3 rings (SSSR count). The van der Waals surface area contributed by atoms with Crippen molar-refractivity contribution in [3.05, 3.63) is 65.2 Å². The van der Waals surface area contributed by atoms with Gasteiger partial charge in [0.1, 0.15) is 0 Å². The summed E-state index contributed by atoms with van der Waals surface area (Å²) in [7, 11) is 0. The molecular formula is C18H18OS. The summed E-state index contributed by atoms with van der Waals surface area (Å²) in [6.45, 7) is 1.99. The number of carbonyl (C=O) groups is 1. The van der Waals surface area contributed by atoms with E-state index in [1.165, 1.54) is 35.3 Å². The first-order valence-electron chi connectivity index (χ1n) is 7.12. The highest BCUT2D eigenvalue weighted by Crippen LogP contribution is 2.30. The Morgan fingerprint density at radius 2 is 1.80 bits per heavy atom. The topological polar surface area (TPSA) is 17.1 Å². The molecule has 0 saturated heterocycles. The van der Waals surface area contributed by atoms with Gasteiger partial charge in [-0.05, 0) is 49.4 Å². The number of hydrogen-bond acceptors (Lipinski definition) is 2. The molecule has 2 aromatic rings. The van der Waals surface area contributed by atoms with Gasteiger partial charge in [0.15, 0.2) is 5.78 Å². The monoisotopic (exact) mass is 282 g/mol. The first-order valence-corrected chi connectivity index (χ1v) is 8.00. The highest BCUT2D eigenvalue weighted by atomic mass is 32.2. The van der Waals surface area contributed by atoms with E-state index in [4.69, 9.17) is 0 Å². The number of rotatable bonds is 4. The fourth-order valence-corrected chi connectivity index (χ4v) is 3.72. The molecule has 0 bridgehead atoms. The molecule has 2 aromatic carbocycles. The zero-order valence-electron chi connectivity index (χ0n) is 11.6. The van der Waals surface area contributed by atoms with Crippen LogP contribution in [0.15, 0.2) is 53.4 Å². The van der Waals surface area contributed by atoms with Crippen molar-refractivity contribution in [2.45, 2.75) is 36.3 Å². The Morgan fingerprint density at radius 1 is 1.05 bits per heavy atom. The summed E-state index contributed by atoms with van der Waals surface area (Å²) in [5.74, 6) is 0.205. The summed E-state index contributed by atoms with van der Waals surface area (Å²) >= 11 is 1.66. The van der Waals surface area contributed by atoms with Crippen molar-refractivity contribution in [1.29, 1.82) is 0 Å². The van der Waals surface area contributed by atoms with E-state index in [0.717, 1.165) is 5.56 Å². The molecule has 0 fully saturated rings. The van der Waals surface area contributed by atoms with Crippen LogP contribution in [0.4, 0.5) is 0 Å². The van der Waals surface area contributed by atoms with Crippen molar-refractivity contribution in [3.8, 4) is 0 Å². The maximum Gasteiger partial charge on any atom is 0.175 e. The van der Waals surface area contributed by atoms with E-state index in [9.17, 15) is 4.79 Å². The first kappa shape index (κ1) is 13.4. The third-order valence-electron chi connectivity index (χ3n) is 3.81. The second-order valence-electron chi connectivity index (χ2n) is 5.27. The van der Waals surface area contributed by atoms with E-state index in [1.807, 2.05) is 37.3 Å². The van der Waals surface area contributed by atoms with Crippen molar-refractivity contribution >= 4 is 17.5 Å². The van der Waals surface area contributed by atoms with Gasteiger partial charge < -0.3 is 0 Å². The van der Waals surface area contributed by atoms with E-state index in [2.05, 4.69) is 18.2 Å². The van der Waals surface area contributed by atoms with Gasteiger partial charge in [-0.25, -0.2) is 0 Å². The molecule has 1 aliphatic carbocycles. The van der Waals surface area contributed by atoms with Crippen LogP contribution in [0.3, 0.4) is 0 Å². The minimum Gasteiger partial charge on any atom is -0.293 e. The number of thioether (sulfide) groups is 1. The van der Waals surface area contributed by atoms with Crippen LogP contribution in [0.1, 0.15) is 34.8 Å². The van der Waals surface area contributed by atoms with Crippen LogP contribution < -0.4 is 0 Å². The number of benzene rings is 2. The summed E-state index contributed by atoms with van der Waals surface area (Å²) in [4.78, 5) is 13.6. The number of aryl methyl sites for hydroxylation is 2. The van der Waals surface area contributed by atoms with Gasteiger partial charge in [-0.15, -0.1) is 11.8 Å². The molecule has 20 heavy (non-hydrogen) atoms. The molecule has 0 heterocycles. The van der Waals surface area contributed by atoms with Gasteiger partial charge in [0, 0.05) is 10.5 Å². The quantitative estimate of drug-likeness (QED) is 0.605. The highest BCUT2D eigenvalue weighted by Gasteiger charge is 2.17. The van der Waals surface area contributed by atoms with Gasteiger partial charge in [-0.1, -0.05) is 36.4 Å². The predicted molar refractivity (Wildman–Crippen MR) is 84.6 cm³/mol. The van der Waals surface area contributed by atoms with Gasteiger partial charge in [0.2, 0.25) is 0 Å². The first-order chi connectivity index (χ1) is 9.74. The van der Waals surface area contributed by atoms with Crippen LogP contribution in [-0.4, -0.2) is 11.0 Å². The molecule has 0 radical (unpaired) electrons. The molecule has 0 aliphatic heterocycles. The Labute approximate surface area is 124 Å². The molecule has 1 nitrogen and oxygen atoms in total. The molecular weight excluding hydrogens is 264 g/mol. The Bertz CT molecular complexity index is 619. The molecule has 1 aliphatic rings. The fraction of sp³-hybridized carbons (Fsp3) is 0.278. The summed E-state index contributed by atoms with van der Waals surface area (Å²) in [6.07, 6.45) is 3.66. The average molecular weight is 282 g/mol. The van der Waals surface area contributed by atoms with Crippen LogP contribution in [0.25, 0.3) is 0 Å². The molecule has 1 atom stereocenters. The van der Waals surface area contributed by atoms with Gasteiger partial charge in [0.05, 0.1) is 5.25 Å². The van der Waals surface area contributed by atoms with Crippen molar-refractivity contribution in [2.75, 3.05) is 0 Å². The summed E-state index contributed by atoms with van der Waals surface area (Å²) < 4.78 is 0. The lowest BCUT2D eigenvalue weighted by molar-refractivity contribution is 0.0994. The molecule has 102 valence electrons. The molecule has 0 aromatic heterocycles. The maximum absolute atomic E-state index is 12.4. The van der Waals surface area contributed by atoms with Crippen molar-refractivity contribution in [3.63, 3.8) is 0 Å². The summed E-state index contributed by atoms with van der Waals surface area (Å²) in [5, 5.41) is -0.0446. The zero-order valence-corrected chi connectivity index (χ0v) is 12.5. The minimum absolute atomic E-state index is 0.0446. The number of fused-ring (bicyclic) bond motifs is 1. The van der Waals surface area contributed by atoms with E-state index < -0.39 is 0 Å². The smallest absolute Gasteiger partial charge is 0.175 e. The standard InChI is InChI=1S/C18H18OS/c1-13(18(19)15-6-3-2-4-7-15)20-17-11-10-14-8-5-9-16(14)12-17/h2-4,6-7,10-13H,5,8-9H2,1H3. The maximum atomic E-state index is 12.4. The van der Waals surface area contributed by atoms with Gasteiger partial charge >= 0.3 is 0 Å². The van der Waals surface area contributed by atoms with Gasteiger partial charge in [-0.3, -0.25) is 4.79 Å². The fourth-order valence-electron chi connectivity index (χ4n) is 2.72. The third kappa shape index (κ3) is 2.80. The normalized spacial score (nSPS) is 14.8. The van der Waals surface area contributed by atoms with E-state index in [-0.39, 0.29) is 11.0 Å². The second kappa shape index (κ2) is 5.84. The number of ketones is 1. The lowest BCUT2D eigenvalue weighted by atomic mass is 10.1. The SMILES string of the molecule is CC(Sc1ccc2c(c1)CCC2)C(=O)c1ccccc1. The number of Topliss-reactive ketones (excluding diaryl/α,β-unsaturated/α-hetero) is 1. The van der Waals surface area contributed by atoms with Crippen molar-refractivity contribution in [1.82, 2.24) is 0 Å². The number of carbonyl (C=O) groups excluding carboxylic acids is 1. The van der Waals surface area contributed by atoms with Crippen LogP contribution in [0.5, 0.6) is 0 Å². The highest BCUT2D eigenvalue weighted by molar-refractivity contribution is 8.00. The van der Waals surface area contributed by atoms with E-state index in [1.54, 1.807) is 11.8 Å². The summed E-state index contributed by atoms with van der Waals surface area (Å²) in [5.41, 5.74) is 3.75. The average Bonchev–Trinajstić information content (AvgIpc) is 2.95. The minimum atomic E-state index is -0.0446. The van der Waals surface area contributed by atoms with Crippen LogP contribution in [0.2, 0.25) is 0 Å². The predicted octanol–water partition coefficient (Wildman–Crippen LogP) is 4.54. The van der Waals surface area contributed by atoms with Crippen LogP contribution in [0, 0.1) is 0 Å². The number of hydrogen-bond donors (Lipinski definition) is 0. The van der Waals surface area contributed by atoms with Crippen molar-refractivity contribution < 1.29 is 4.79 Å². The zero-order chi connectivity index (χ0) is 13.9. The second-order valence-corrected chi connectivity index (χ2v) is 6.69. The molecule has 0 amide bonds. The van der Waals surface area contributed by atoms with Gasteiger partial charge in [-0.2, -0.15) is 0 Å². The Morgan fingerprint density at radius 3 is 2.60 bits per heavy atom. The Hall–Kier alpha value is -1.54. The molecule has 1 unspecified atom stereocenters. The van der Waals surface area contributed by atoms with E-state index in [0.29, 0.717) is 0 Å². The lowest BCUT2D eigenvalue weighted by Gasteiger charge is -2.11. The van der Waals surface area contributed by atoms with E-state index >= 15 is 0 Å². The molecule has 0 N–H and O–H groups in total. The third-order valence-corrected chi connectivity index (χ3v) is 4.90. The van der Waals surface area contributed by atoms with Crippen LogP contribution >= 0.6 is 11.8 Å².